The minimum absolute atomic E-state index is 0.156. The number of benzene rings is 1. The van der Waals surface area contributed by atoms with Crippen LogP contribution >= 0.6 is 0 Å². The van der Waals surface area contributed by atoms with Crippen LogP contribution in [-0.4, -0.2) is 28.3 Å². The largest absolute Gasteiger partial charge is 0.366 e. The van der Waals surface area contributed by atoms with Crippen molar-refractivity contribution in [2.75, 3.05) is 0 Å². The highest BCUT2D eigenvalue weighted by Crippen LogP contribution is 2.40. The number of aliphatic hydroxyl groups excluding tert-OH is 1. The average molecular weight is 311 g/mol. The molecule has 120 valence electrons. The third kappa shape index (κ3) is 3.13. The molecule has 1 N–H and O–H groups in total. The summed E-state index contributed by atoms with van der Waals surface area (Å²) >= 11 is 0. The number of carbonyl (C=O) groups is 1. The van der Waals surface area contributed by atoms with Crippen LogP contribution in [0.25, 0.3) is 0 Å². The van der Waals surface area contributed by atoms with E-state index in [2.05, 4.69) is 0 Å². The molecule has 0 unspecified atom stereocenters. The van der Waals surface area contributed by atoms with Gasteiger partial charge in [0.25, 0.3) is 0 Å². The molecule has 1 aromatic carbocycles. The Morgan fingerprint density at radius 2 is 1.86 bits per heavy atom. The van der Waals surface area contributed by atoms with Crippen LogP contribution in [0.3, 0.4) is 0 Å². The summed E-state index contributed by atoms with van der Waals surface area (Å²) in [6.45, 7) is 0. The van der Waals surface area contributed by atoms with Crippen LogP contribution in [0.4, 0.5) is 8.78 Å². The van der Waals surface area contributed by atoms with Crippen molar-refractivity contribution in [3.05, 3.63) is 35.9 Å². The monoisotopic (exact) mass is 311 g/mol. The number of halogens is 2. The maximum atomic E-state index is 13.2. The molecule has 1 aromatic rings. The molecule has 0 radical (unpaired) electrons. The molecule has 1 aliphatic heterocycles. The molecule has 1 aliphatic carbocycles. The average Bonchev–Trinajstić information content (AvgIpc) is 2.89. The molecule has 22 heavy (non-hydrogen) atoms. The molecule has 1 amide bonds. The number of hydrogen-bond donors (Lipinski definition) is 1. The van der Waals surface area contributed by atoms with Crippen LogP contribution in [0, 0.1) is 5.92 Å². The van der Waals surface area contributed by atoms with Crippen molar-refractivity contribution in [3.63, 3.8) is 0 Å². The first-order valence-electron chi connectivity index (χ1n) is 7.57. The van der Waals surface area contributed by atoms with Gasteiger partial charge in [-0.2, -0.15) is 0 Å². The predicted octanol–water partition coefficient (Wildman–Crippen LogP) is 3.04. The van der Waals surface area contributed by atoms with E-state index in [9.17, 15) is 18.7 Å². The molecule has 2 atom stereocenters. The number of nitrogens with zero attached hydrogens (tertiary/aromatic N) is 1. The highest BCUT2D eigenvalue weighted by molar-refractivity contribution is 5.78. The Morgan fingerprint density at radius 3 is 2.50 bits per heavy atom. The zero-order chi connectivity index (χ0) is 15.7. The SMILES string of the molecule is O=C(C1CCC(F)(F)CC1)N1O[C@H](O)C[C@H]1c1ccccc1. The summed E-state index contributed by atoms with van der Waals surface area (Å²) in [6.07, 6.45) is -0.976. The summed E-state index contributed by atoms with van der Waals surface area (Å²) in [5, 5.41) is 10.9. The lowest BCUT2D eigenvalue weighted by Crippen LogP contribution is -2.38. The second kappa shape index (κ2) is 5.93. The number of amides is 1. The molecule has 4 nitrogen and oxygen atoms in total. The molecule has 1 heterocycles. The molecule has 0 bridgehead atoms. The van der Waals surface area contributed by atoms with Crippen molar-refractivity contribution in [2.45, 2.75) is 50.4 Å². The maximum Gasteiger partial charge on any atom is 0.249 e. The van der Waals surface area contributed by atoms with E-state index in [1.807, 2.05) is 30.3 Å². The number of carbonyl (C=O) groups excluding carboxylic acids is 1. The highest BCUT2D eigenvalue weighted by Gasteiger charge is 2.43. The zero-order valence-corrected chi connectivity index (χ0v) is 12.1. The van der Waals surface area contributed by atoms with Crippen molar-refractivity contribution in [1.82, 2.24) is 5.06 Å². The zero-order valence-electron chi connectivity index (χ0n) is 12.1. The Morgan fingerprint density at radius 1 is 1.23 bits per heavy atom. The third-order valence-corrected chi connectivity index (χ3v) is 4.41. The van der Waals surface area contributed by atoms with E-state index in [0.29, 0.717) is 6.42 Å². The fraction of sp³-hybridized carbons (Fsp3) is 0.562. The van der Waals surface area contributed by atoms with Crippen LogP contribution in [0.15, 0.2) is 30.3 Å². The molecule has 6 heteroatoms. The van der Waals surface area contributed by atoms with Crippen molar-refractivity contribution in [3.8, 4) is 0 Å². The Kier molecular flexibility index (Phi) is 4.14. The quantitative estimate of drug-likeness (QED) is 0.913. The fourth-order valence-corrected chi connectivity index (χ4v) is 3.15. The Balaban J connectivity index is 1.73. The Labute approximate surface area is 127 Å². The second-order valence-corrected chi connectivity index (χ2v) is 6.02. The number of hydrogen-bond acceptors (Lipinski definition) is 3. The van der Waals surface area contributed by atoms with Crippen LogP contribution in [0.1, 0.15) is 43.7 Å². The summed E-state index contributed by atoms with van der Waals surface area (Å²) in [7, 11) is 0. The fourth-order valence-electron chi connectivity index (χ4n) is 3.15. The molecule has 1 saturated carbocycles. The molecule has 2 aliphatic rings. The van der Waals surface area contributed by atoms with Gasteiger partial charge in [0, 0.05) is 25.2 Å². The van der Waals surface area contributed by atoms with E-state index >= 15 is 0 Å². The maximum absolute atomic E-state index is 13.2. The van der Waals surface area contributed by atoms with E-state index in [0.717, 1.165) is 5.56 Å². The normalized spacial score (nSPS) is 28.8. The van der Waals surface area contributed by atoms with E-state index < -0.39 is 18.1 Å². The predicted molar refractivity (Wildman–Crippen MR) is 74.6 cm³/mol. The minimum atomic E-state index is -2.67. The van der Waals surface area contributed by atoms with Crippen LogP contribution in [0.5, 0.6) is 0 Å². The van der Waals surface area contributed by atoms with Gasteiger partial charge in [0.1, 0.15) is 0 Å². The summed E-state index contributed by atoms with van der Waals surface area (Å²) in [6, 6.07) is 8.92. The van der Waals surface area contributed by atoms with E-state index in [4.69, 9.17) is 4.84 Å². The van der Waals surface area contributed by atoms with Crippen molar-refractivity contribution >= 4 is 5.91 Å². The van der Waals surface area contributed by atoms with Gasteiger partial charge in [-0.25, -0.2) is 18.7 Å². The van der Waals surface area contributed by atoms with Gasteiger partial charge in [-0.05, 0) is 18.4 Å². The third-order valence-electron chi connectivity index (χ3n) is 4.41. The summed E-state index contributed by atoms with van der Waals surface area (Å²) in [4.78, 5) is 17.8. The summed E-state index contributed by atoms with van der Waals surface area (Å²) in [5.74, 6) is -3.43. The summed E-state index contributed by atoms with van der Waals surface area (Å²) in [5.41, 5.74) is 0.869. The topological polar surface area (TPSA) is 49.8 Å². The van der Waals surface area contributed by atoms with Gasteiger partial charge in [0.2, 0.25) is 11.8 Å². The van der Waals surface area contributed by atoms with Crippen LogP contribution in [0.2, 0.25) is 0 Å². The highest BCUT2D eigenvalue weighted by atomic mass is 19.3. The van der Waals surface area contributed by atoms with Crippen molar-refractivity contribution in [2.24, 2.45) is 5.92 Å². The Bertz CT molecular complexity index is 527. The van der Waals surface area contributed by atoms with Gasteiger partial charge in [-0.15, -0.1) is 0 Å². The minimum Gasteiger partial charge on any atom is -0.366 e. The van der Waals surface area contributed by atoms with E-state index in [1.165, 1.54) is 5.06 Å². The van der Waals surface area contributed by atoms with Gasteiger partial charge in [0.05, 0.1) is 6.04 Å². The van der Waals surface area contributed by atoms with Gasteiger partial charge < -0.3 is 5.11 Å². The molecule has 0 aromatic heterocycles. The number of aliphatic hydroxyl groups is 1. The van der Waals surface area contributed by atoms with E-state index in [1.54, 1.807) is 0 Å². The number of hydroxylamine groups is 2. The molecule has 1 saturated heterocycles. The van der Waals surface area contributed by atoms with Gasteiger partial charge >= 0.3 is 0 Å². The number of alkyl halides is 2. The summed E-state index contributed by atoms with van der Waals surface area (Å²) < 4.78 is 26.5. The van der Waals surface area contributed by atoms with Crippen LogP contribution < -0.4 is 0 Å². The van der Waals surface area contributed by atoms with Crippen molar-refractivity contribution in [1.29, 1.82) is 0 Å². The lowest BCUT2D eigenvalue weighted by Gasteiger charge is -2.31. The first kappa shape index (κ1) is 15.4. The van der Waals surface area contributed by atoms with Gasteiger partial charge in [-0.3, -0.25) is 4.79 Å². The second-order valence-electron chi connectivity index (χ2n) is 6.02. The lowest BCUT2D eigenvalue weighted by atomic mass is 9.86. The molecule has 2 fully saturated rings. The van der Waals surface area contributed by atoms with Crippen molar-refractivity contribution < 1.29 is 23.5 Å². The molecule has 0 spiro atoms. The van der Waals surface area contributed by atoms with E-state index in [-0.39, 0.29) is 37.6 Å². The van der Waals surface area contributed by atoms with Gasteiger partial charge in [0.15, 0.2) is 6.29 Å². The first-order chi connectivity index (χ1) is 10.5. The standard InChI is InChI=1S/C16H19F2NO3/c17-16(18)8-6-12(7-9-16)15(21)19-13(10-14(20)22-19)11-4-2-1-3-5-11/h1-5,12-14,20H,6-10H2/t13-,14-/m0/s1. The lowest BCUT2D eigenvalue weighted by molar-refractivity contribution is -0.227. The molecule has 3 rings (SSSR count). The number of rotatable bonds is 2. The Hall–Kier alpha value is -1.53. The smallest absolute Gasteiger partial charge is 0.249 e. The molecular weight excluding hydrogens is 292 g/mol. The molecular formula is C16H19F2NO3. The van der Waals surface area contributed by atoms with Gasteiger partial charge in [-0.1, -0.05) is 30.3 Å². The first-order valence-corrected chi connectivity index (χ1v) is 7.57. The van der Waals surface area contributed by atoms with Crippen LogP contribution in [-0.2, 0) is 9.63 Å².